The van der Waals surface area contributed by atoms with Gasteiger partial charge >= 0.3 is 0 Å². The zero-order valence-corrected chi connectivity index (χ0v) is 11.6. The highest BCUT2D eigenvalue weighted by Gasteiger charge is 2.11. The normalized spacial score (nSPS) is 10.6. The first-order valence-corrected chi connectivity index (χ1v) is 5.99. The molecule has 0 unspecified atom stereocenters. The summed E-state index contributed by atoms with van der Waals surface area (Å²) in [4.78, 5) is 0. The molecule has 0 aliphatic rings. The van der Waals surface area contributed by atoms with E-state index in [0.717, 1.165) is 27.3 Å². The average Bonchev–Trinajstić information content (AvgIpc) is 2.56. The zero-order chi connectivity index (χ0) is 12.6. The van der Waals surface area contributed by atoms with Crippen molar-refractivity contribution < 1.29 is 4.74 Å². The lowest BCUT2D eigenvalue weighted by atomic mass is 10.2. The maximum atomic E-state index is 5.83. The Hall–Kier alpha value is -1.49. The number of rotatable bonds is 2. The number of methoxy groups -OCH3 is 1. The van der Waals surface area contributed by atoms with Crippen LogP contribution in [0.1, 0.15) is 11.4 Å². The fraction of sp³-hybridized carbons (Fsp3) is 0.250. The number of hydrogen-bond acceptors (Lipinski definition) is 3. The van der Waals surface area contributed by atoms with Gasteiger partial charge in [-0.3, -0.25) is 0 Å². The minimum absolute atomic E-state index is 0.656. The van der Waals surface area contributed by atoms with Crippen LogP contribution in [-0.2, 0) is 0 Å². The van der Waals surface area contributed by atoms with Crippen molar-refractivity contribution in [1.29, 1.82) is 0 Å². The summed E-state index contributed by atoms with van der Waals surface area (Å²) in [5.74, 6) is 0.726. The minimum atomic E-state index is 0.656. The number of anilines is 1. The van der Waals surface area contributed by atoms with E-state index in [0.29, 0.717) is 5.69 Å². The molecule has 0 spiro atoms. The zero-order valence-electron chi connectivity index (χ0n) is 9.99. The molecule has 4 nitrogen and oxygen atoms in total. The van der Waals surface area contributed by atoms with Crippen molar-refractivity contribution in [2.24, 2.45) is 0 Å². The van der Waals surface area contributed by atoms with Crippen LogP contribution < -0.4 is 10.5 Å². The lowest BCUT2D eigenvalue weighted by Crippen LogP contribution is -2.01. The van der Waals surface area contributed by atoms with Crippen LogP contribution in [0.3, 0.4) is 0 Å². The Bertz CT molecular complexity index is 563. The highest BCUT2D eigenvalue weighted by Crippen LogP contribution is 2.26. The van der Waals surface area contributed by atoms with Crippen LogP contribution in [-0.4, -0.2) is 16.9 Å². The van der Waals surface area contributed by atoms with Gasteiger partial charge in [-0.25, -0.2) is 4.68 Å². The quantitative estimate of drug-likeness (QED) is 0.867. The Morgan fingerprint density at radius 1 is 1.29 bits per heavy atom. The second-order valence-electron chi connectivity index (χ2n) is 3.86. The molecule has 2 N–H and O–H groups in total. The molecule has 2 aromatic rings. The van der Waals surface area contributed by atoms with E-state index in [4.69, 9.17) is 10.5 Å². The predicted molar refractivity (Wildman–Crippen MR) is 71.7 cm³/mol. The third-order valence-corrected chi connectivity index (χ3v) is 3.74. The van der Waals surface area contributed by atoms with Gasteiger partial charge in [0.2, 0.25) is 0 Å². The number of aromatic nitrogens is 2. The summed E-state index contributed by atoms with van der Waals surface area (Å²) in [6.45, 7) is 3.96. The Labute approximate surface area is 109 Å². The number of nitrogen functional groups attached to an aromatic ring is 1. The number of hydrogen-bond donors (Lipinski definition) is 1. The van der Waals surface area contributed by atoms with E-state index in [1.165, 1.54) is 0 Å². The lowest BCUT2D eigenvalue weighted by molar-refractivity contribution is 0.414. The molecule has 17 heavy (non-hydrogen) atoms. The van der Waals surface area contributed by atoms with Gasteiger partial charge in [0.05, 0.1) is 28.7 Å². The summed E-state index contributed by atoms with van der Waals surface area (Å²) in [6.07, 6.45) is 0. The Morgan fingerprint density at radius 2 is 2.00 bits per heavy atom. The van der Waals surface area contributed by atoms with Crippen LogP contribution in [0, 0.1) is 13.8 Å². The summed E-state index contributed by atoms with van der Waals surface area (Å²) in [6, 6.07) is 5.56. The third kappa shape index (κ3) is 2.15. The number of nitrogens with zero attached hydrogens (tertiary/aromatic N) is 2. The van der Waals surface area contributed by atoms with Crippen molar-refractivity contribution in [3.63, 3.8) is 0 Å². The molecule has 1 aromatic carbocycles. The summed E-state index contributed by atoms with van der Waals surface area (Å²) in [7, 11) is 1.62. The van der Waals surface area contributed by atoms with Crippen LogP contribution in [0.5, 0.6) is 5.75 Å². The molecule has 1 heterocycles. The van der Waals surface area contributed by atoms with Crippen molar-refractivity contribution in [2.45, 2.75) is 13.8 Å². The molecule has 90 valence electrons. The average molecular weight is 296 g/mol. The van der Waals surface area contributed by atoms with Crippen LogP contribution >= 0.6 is 15.9 Å². The first-order chi connectivity index (χ1) is 8.02. The molecule has 0 atom stereocenters. The fourth-order valence-corrected chi connectivity index (χ4v) is 1.97. The molecule has 1 aromatic heterocycles. The van der Waals surface area contributed by atoms with Crippen molar-refractivity contribution in [2.75, 3.05) is 12.8 Å². The molecular formula is C12H14BrN3O. The molecule has 0 aliphatic heterocycles. The monoisotopic (exact) mass is 295 g/mol. The van der Waals surface area contributed by atoms with E-state index in [1.807, 2.05) is 30.7 Å². The van der Waals surface area contributed by atoms with Crippen molar-refractivity contribution in [3.8, 4) is 11.4 Å². The van der Waals surface area contributed by atoms with Gasteiger partial charge in [0.1, 0.15) is 5.75 Å². The number of aryl methyl sites for hydroxylation is 1. The van der Waals surface area contributed by atoms with E-state index in [9.17, 15) is 0 Å². The van der Waals surface area contributed by atoms with E-state index in [-0.39, 0.29) is 0 Å². The van der Waals surface area contributed by atoms with Crippen molar-refractivity contribution >= 4 is 21.6 Å². The summed E-state index contributed by atoms with van der Waals surface area (Å²) >= 11 is 3.51. The smallest absolute Gasteiger partial charge is 0.123 e. The topological polar surface area (TPSA) is 53.1 Å². The van der Waals surface area contributed by atoms with Crippen LogP contribution in [0.2, 0.25) is 0 Å². The van der Waals surface area contributed by atoms with Gasteiger partial charge in [0.15, 0.2) is 0 Å². The largest absolute Gasteiger partial charge is 0.497 e. The molecule has 5 heteroatoms. The molecule has 0 saturated carbocycles. The molecule has 0 amide bonds. The summed E-state index contributed by atoms with van der Waals surface area (Å²) in [5, 5.41) is 4.46. The number of halogens is 1. The van der Waals surface area contributed by atoms with Gasteiger partial charge in [-0.05, 0) is 35.8 Å². The predicted octanol–water partition coefficient (Wildman–Crippen LogP) is 2.84. The number of benzene rings is 1. The Balaban J connectivity index is 2.59. The van der Waals surface area contributed by atoms with E-state index in [2.05, 4.69) is 21.0 Å². The standard InChI is InChI=1S/C12H14BrN3O/c1-7-12(13)8(2)16(15-7)10-4-9(14)5-11(6-10)17-3/h4-6H,14H2,1-3H3. The third-order valence-electron chi connectivity index (χ3n) is 2.60. The number of nitrogens with two attached hydrogens (primary N) is 1. The van der Waals surface area contributed by atoms with Crippen molar-refractivity contribution in [1.82, 2.24) is 9.78 Å². The molecule has 0 saturated heterocycles. The van der Waals surface area contributed by atoms with Gasteiger partial charge in [0.25, 0.3) is 0 Å². The maximum absolute atomic E-state index is 5.83. The maximum Gasteiger partial charge on any atom is 0.123 e. The highest BCUT2D eigenvalue weighted by molar-refractivity contribution is 9.10. The molecule has 0 aliphatic carbocycles. The fourth-order valence-electron chi connectivity index (χ4n) is 1.72. The highest BCUT2D eigenvalue weighted by atomic mass is 79.9. The Kier molecular flexibility index (Phi) is 3.11. The minimum Gasteiger partial charge on any atom is -0.497 e. The van der Waals surface area contributed by atoms with E-state index in [1.54, 1.807) is 13.2 Å². The molecule has 0 bridgehead atoms. The van der Waals surface area contributed by atoms with Crippen LogP contribution in [0.25, 0.3) is 5.69 Å². The van der Waals surface area contributed by atoms with Gasteiger partial charge in [-0.15, -0.1) is 0 Å². The van der Waals surface area contributed by atoms with Crippen LogP contribution in [0.15, 0.2) is 22.7 Å². The molecule has 0 fully saturated rings. The van der Waals surface area contributed by atoms with Gasteiger partial charge < -0.3 is 10.5 Å². The van der Waals surface area contributed by atoms with E-state index < -0.39 is 0 Å². The first-order valence-electron chi connectivity index (χ1n) is 5.19. The van der Waals surface area contributed by atoms with Gasteiger partial charge in [-0.1, -0.05) is 0 Å². The summed E-state index contributed by atoms with van der Waals surface area (Å²) < 4.78 is 8.06. The second-order valence-corrected chi connectivity index (χ2v) is 4.65. The lowest BCUT2D eigenvalue weighted by Gasteiger charge is -2.08. The molecular weight excluding hydrogens is 282 g/mol. The molecule has 0 radical (unpaired) electrons. The second kappa shape index (κ2) is 4.41. The van der Waals surface area contributed by atoms with Crippen molar-refractivity contribution in [3.05, 3.63) is 34.1 Å². The van der Waals surface area contributed by atoms with Gasteiger partial charge in [0, 0.05) is 17.8 Å². The van der Waals surface area contributed by atoms with Gasteiger partial charge in [-0.2, -0.15) is 5.10 Å². The number of ether oxygens (including phenoxy) is 1. The Morgan fingerprint density at radius 3 is 2.53 bits per heavy atom. The summed E-state index contributed by atoms with van der Waals surface area (Å²) in [5.41, 5.74) is 9.37. The molecule has 2 rings (SSSR count). The first kappa shape index (κ1) is 12.0. The van der Waals surface area contributed by atoms with E-state index >= 15 is 0 Å². The SMILES string of the molecule is COc1cc(N)cc(-n2nc(C)c(Br)c2C)c1. The van der Waals surface area contributed by atoms with Crippen LogP contribution in [0.4, 0.5) is 5.69 Å².